The highest BCUT2D eigenvalue weighted by molar-refractivity contribution is 6.08. The molecule has 0 spiro atoms. The van der Waals surface area contributed by atoms with Crippen molar-refractivity contribution in [2.75, 3.05) is 13.7 Å². The molecule has 0 fully saturated rings. The zero-order valence-electron chi connectivity index (χ0n) is 19.2. The van der Waals surface area contributed by atoms with Gasteiger partial charge in [0.1, 0.15) is 0 Å². The predicted molar refractivity (Wildman–Crippen MR) is 127 cm³/mol. The number of carbonyl (C=O) groups is 1. The quantitative estimate of drug-likeness (QED) is 0.188. The van der Waals surface area contributed by atoms with Crippen LogP contribution in [0.25, 0.3) is 22.8 Å². The van der Waals surface area contributed by atoms with Gasteiger partial charge < -0.3 is 20.4 Å². The Hall–Kier alpha value is -4.07. The Balaban J connectivity index is 2.07. The molecule has 2 aromatic carbocycles. The monoisotopic (exact) mass is 448 g/mol. The molecule has 3 N–H and O–H groups in total. The summed E-state index contributed by atoms with van der Waals surface area (Å²) in [5.41, 5.74) is 9.71. The molecular weight excluding hydrogens is 420 g/mol. The highest BCUT2D eigenvalue weighted by atomic mass is 16.5. The van der Waals surface area contributed by atoms with Gasteiger partial charge in [-0.1, -0.05) is 59.8 Å². The lowest BCUT2D eigenvalue weighted by Crippen LogP contribution is -2.34. The molecular formula is C25H28N4O4. The van der Waals surface area contributed by atoms with E-state index >= 15 is 0 Å². The summed E-state index contributed by atoms with van der Waals surface area (Å²) in [7, 11) is 1.36. The average Bonchev–Trinajstić information content (AvgIpc) is 3.20. The fourth-order valence-corrected chi connectivity index (χ4v) is 3.67. The molecule has 0 bridgehead atoms. The van der Waals surface area contributed by atoms with Crippen LogP contribution in [0.3, 0.4) is 0 Å². The number of benzene rings is 2. The standard InChI is InChI=1S/C25H28N4O4/c1-5-21-22(16(3)24(30)32-4)29(25(27-21)33-6-2)15-17-11-13-18(14-12-17)19-9-7-8-10-20(19)23(26)28-31/h5,7-14,31H,6,15H2,1-4H3,(H2,26,28). The number of hydrogen-bond donors (Lipinski definition) is 2. The van der Waals surface area contributed by atoms with Crippen molar-refractivity contribution < 1.29 is 19.5 Å². The third-order valence-corrected chi connectivity index (χ3v) is 5.27. The van der Waals surface area contributed by atoms with Crippen molar-refractivity contribution in [3.8, 4) is 17.1 Å². The number of hydrogen-bond acceptors (Lipinski definition) is 6. The Morgan fingerprint density at radius 2 is 1.91 bits per heavy atom. The number of nitrogens with two attached hydrogens (primary N) is 1. The smallest absolute Gasteiger partial charge is 0.335 e. The van der Waals surface area contributed by atoms with E-state index < -0.39 is 5.97 Å². The van der Waals surface area contributed by atoms with Crippen LogP contribution in [0.15, 0.2) is 53.7 Å². The van der Waals surface area contributed by atoms with Gasteiger partial charge in [-0.2, -0.15) is 4.98 Å². The fraction of sp³-hybridized carbons (Fsp3) is 0.240. The molecule has 3 aromatic rings. The fourth-order valence-electron chi connectivity index (χ4n) is 3.67. The molecule has 0 aliphatic heterocycles. The van der Waals surface area contributed by atoms with E-state index in [4.69, 9.17) is 20.4 Å². The number of imidazole rings is 1. The minimum absolute atomic E-state index is 0.0521. The summed E-state index contributed by atoms with van der Waals surface area (Å²) in [6, 6.07) is 15.8. The maximum atomic E-state index is 12.3. The molecule has 172 valence electrons. The molecule has 0 amide bonds. The second kappa shape index (κ2) is 10.5. The van der Waals surface area contributed by atoms with Crippen LogP contribution in [0.5, 0.6) is 6.01 Å². The Morgan fingerprint density at radius 3 is 2.52 bits per heavy atom. The number of oxime groups is 1. The van der Waals surface area contributed by atoms with Gasteiger partial charge in [0.25, 0.3) is 6.01 Å². The van der Waals surface area contributed by atoms with E-state index in [1.54, 1.807) is 13.0 Å². The van der Waals surface area contributed by atoms with Crippen LogP contribution in [0.1, 0.15) is 31.9 Å². The van der Waals surface area contributed by atoms with E-state index in [2.05, 4.69) is 10.1 Å². The summed E-state index contributed by atoms with van der Waals surface area (Å²) in [5.74, 6) is -0.367. The summed E-state index contributed by atoms with van der Waals surface area (Å²) >= 11 is 0. The van der Waals surface area contributed by atoms with Gasteiger partial charge in [-0.05, 0) is 37.5 Å². The van der Waals surface area contributed by atoms with E-state index in [0.29, 0.717) is 41.0 Å². The van der Waals surface area contributed by atoms with Crippen LogP contribution in [-0.2, 0) is 16.1 Å². The van der Waals surface area contributed by atoms with Gasteiger partial charge in [-0.25, -0.2) is 4.79 Å². The number of ether oxygens (including phenoxy) is 2. The second-order valence-corrected chi connectivity index (χ2v) is 7.28. The molecule has 1 aromatic heterocycles. The molecule has 8 nitrogen and oxygen atoms in total. The number of methoxy groups -OCH3 is 1. The Morgan fingerprint density at radius 1 is 1.21 bits per heavy atom. The van der Waals surface area contributed by atoms with Gasteiger partial charge in [0.2, 0.25) is 0 Å². The molecule has 0 saturated heterocycles. The van der Waals surface area contributed by atoms with Crippen molar-refractivity contribution in [2.24, 2.45) is 10.9 Å². The number of esters is 1. The van der Waals surface area contributed by atoms with Crippen molar-refractivity contribution in [2.45, 2.75) is 27.3 Å². The van der Waals surface area contributed by atoms with E-state index in [9.17, 15) is 4.79 Å². The molecule has 0 aliphatic rings. The first-order valence-electron chi connectivity index (χ1n) is 10.6. The van der Waals surface area contributed by atoms with E-state index in [1.807, 2.05) is 67.0 Å². The minimum atomic E-state index is -0.419. The van der Waals surface area contributed by atoms with E-state index in [1.165, 1.54) is 7.11 Å². The lowest BCUT2D eigenvalue weighted by Gasteiger charge is -2.12. The van der Waals surface area contributed by atoms with Gasteiger partial charge in [-0.15, -0.1) is 0 Å². The number of rotatable bonds is 7. The first kappa shape index (κ1) is 23.6. The second-order valence-electron chi connectivity index (χ2n) is 7.28. The van der Waals surface area contributed by atoms with Crippen molar-refractivity contribution in [1.29, 1.82) is 0 Å². The highest BCUT2D eigenvalue weighted by Gasteiger charge is 2.16. The molecule has 3 rings (SSSR count). The van der Waals surface area contributed by atoms with Crippen LogP contribution in [0, 0.1) is 0 Å². The van der Waals surface area contributed by atoms with E-state index in [-0.39, 0.29) is 5.84 Å². The van der Waals surface area contributed by atoms with Crippen molar-refractivity contribution in [3.05, 3.63) is 70.4 Å². The van der Waals surface area contributed by atoms with Crippen LogP contribution in [0.4, 0.5) is 0 Å². The van der Waals surface area contributed by atoms with Gasteiger partial charge in [0.15, 0.2) is 5.84 Å². The largest absolute Gasteiger partial charge is 0.466 e. The molecule has 0 saturated carbocycles. The maximum absolute atomic E-state index is 12.3. The topological polar surface area (TPSA) is 112 Å². The molecule has 8 heteroatoms. The van der Waals surface area contributed by atoms with Gasteiger partial charge in [0, 0.05) is 5.56 Å². The van der Waals surface area contributed by atoms with Crippen LogP contribution in [0.2, 0.25) is 0 Å². The zero-order chi connectivity index (χ0) is 24.0. The molecule has 0 unspecified atom stereocenters. The molecule has 1 heterocycles. The summed E-state index contributed by atoms with van der Waals surface area (Å²) in [6.07, 6.45) is 1.84. The molecule has 0 atom stereocenters. The number of amidine groups is 1. The number of aromatic nitrogens is 2. The summed E-state index contributed by atoms with van der Waals surface area (Å²) in [4.78, 5) is 16.8. The molecule has 33 heavy (non-hydrogen) atoms. The number of nitrogens with zero attached hydrogens (tertiary/aromatic N) is 3. The third kappa shape index (κ3) is 4.90. The van der Waals surface area contributed by atoms with Crippen LogP contribution >= 0.6 is 0 Å². The highest BCUT2D eigenvalue weighted by Crippen LogP contribution is 2.24. The van der Waals surface area contributed by atoms with E-state index in [0.717, 1.165) is 16.7 Å². The summed E-state index contributed by atoms with van der Waals surface area (Å²) in [6.45, 7) is 6.36. The SMILES string of the molecule is CC=c1nc(OCC)n(Cc2ccc(-c3ccccc3C(N)=NO)cc2)c1=C(C)C(=O)OC. The first-order chi connectivity index (χ1) is 15.9. The summed E-state index contributed by atoms with van der Waals surface area (Å²) < 4.78 is 12.6. The van der Waals surface area contributed by atoms with Crippen LogP contribution < -0.4 is 21.2 Å². The Kier molecular flexibility index (Phi) is 7.50. The minimum Gasteiger partial charge on any atom is -0.466 e. The maximum Gasteiger partial charge on any atom is 0.335 e. The van der Waals surface area contributed by atoms with Crippen LogP contribution in [-0.4, -0.2) is 40.3 Å². The third-order valence-electron chi connectivity index (χ3n) is 5.27. The van der Waals surface area contributed by atoms with Crippen molar-refractivity contribution in [1.82, 2.24) is 9.55 Å². The normalized spacial score (nSPS) is 13.1. The van der Waals surface area contributed by atoms with Gasteiger partial charge >= 0.3 is 5.97 Å². The van der Waals surface area contributed by atoms with Crippen molar-refractivity contribution >= 4 is 23.5 Å². The lowest BCUT2D eigenvalue weighted by atomic mass is 9.98. The molecule has 0 aliphatic carbocycles. The lowest BCUT2D eigenvalue weighted by molar-refractivity contribution is -0.133. The Labute approximate surface area is 192 Å². The van der Waals surface area contributed by atoms with Crippen molar-refractivity contribution in [3.63, 3.8) is 0 Å². The predicted octanol–water partition coefficient (Wildman–Crippen LogP) is 2.24. The van der Waals surface area contributed by atoms with Gasteiger partial charge in [0.05, 0.1) is 36.5 Å². The molecule has 0 radical (unpaired) electrons. The Bertz CT molecular complexity index is 1290. The number of carbonyl (C=O) groups excluding carboxylic acids is 1. The average molecular weight is 449 g/mol. The zero-order valence-corrected chi connectivity index (χ0v) is 19.2. The summed E-state index contributed by atoms with van der Waals surface area (Å²) in [5, 5.41) is 13.5. The van der Waals surface area contributed by atoms with Gasteiger partial charge in [-0.3, -0.25) is 4.57 Å². The first-order valence-corrected chi connectivity index (χ1v) is 10.6.